The van der Waals surface area contributed by atoms with E-state index in [9.17, 15) is 24.9 Å². The third-order valence-corrected chi connectivity index (χ3v) is 9.17. The predicted octanol–water partition coefficient (Wildman–Crippen LogP) is 1.86. The van der Waals surface area contributed by atoms with Gasteiger partial charge < -0.3 is 15.3 Å². The molecule has 26 heavy (non-hydrogen) atoms. The number of aliphatic hydroxyl groups is 3. The monoisotopic (exact) mass is 364 g/mol. The Hall–Kier alpha value is -0.780. The summed E-state index contributed by atoms with van der Waals surface area (Å²) in [4.78, 5) is 24.3. The summed E-state index contributed by atoms with van der Waals surface area (Å²) in [7, 11) is 0. The standard InChI is InChI=1S/C21H32O5/c1-19-7-5-13(23)9-12(19)3-4-14-15-6-8-21(26,17(25)11-22)20(15,2)10-16(24)18(14)19/h12,14-16,18,22,24,26H,3-11H2,1-2H3/t12-,14?,15?,16-,18?,19-,20-,21-/m0/s1. The maximum atomic E-state index is 12.4. The minimum Gasteiger partial charge on any atom is -0.393 e. The van der Waals surface area contributed by atoms with Gasteiger partial charge in [0.15, 0.2) is 5.78 Å². The average molecular weight is 364 g/mol. The summed E-state index contributed by atoms with van der Waals surface area (Å²) in [5.74, 6) is 0.800. The Kier molecular flexibility index (Phi) is 4.18. The molecule has 0 aromatic heterocycles. The van der Waals surface area contributed by atoms with Gasteiger partial charge in [0, 0.05) is 18.3 Å². The summed E-state index contributed by atoms with van der Waals surface area (Å²) >= 11 is 0. The van der Waals surface area contributed by atoms with E-state index in [2.05, 4.69) is 6.92 Å². The lowest BCUT2D eigenvalue weighted by Crippen LogP contribution is -2.63. The van der Waals surface area contributed by atoms with Crippen LogP contribution in [-0.4, -0.2) is 45.2 Å². The van der Waals surface area contributed by atoms with E-state index in [0.717, 1.165) is 25.7 Å². The number of hydrogen-bond acceptors (Lipinski definition) is 5. The lowest BCUT2D eigenvalue weighted by molar-refractivity contribution is -0.198. The van der Waals surface area contributed by atoms with Gasteiger partial charge in [0.25, 0.3) is 0 Å². The molecule has 3 N–H and O–H groups in total. The summed E-state index contributed by atoms with van der Waals surface area (Å²) < 4.78 is 0. The highest BCUT2D eigenvalue weighted by molar-refractivity contribution is 5.89. The highest BCUT2D eigenvalue weighted by Gasteiger charge is 2.68. The van der Waals surface area contributed by atoms with Crippen LogP contribution in [0.25, 0.3) is 0 Å². The molecule has 4 aliphatic rings. The zero-order valence-electron chi connectivity index (χ0n) is 15.9. The predicted molar refractivity (Wildman–Crippen MR) is 95.2 cm³/mol. The van der Waals surface area contributed by atoms with E-state index in [1.165, 1.54) is 0 Å². The van der Waals surface area contributed by atoms with E-state index in [1.807, 2.05) is 6.92 Å². The Morgan fingerprint density at radius 3 is 2.62 bits per heavy atom. The van der Waals surface area contributed by atoms with Gasteiger partial charge in [-0.1, -0.05) is 13.8 Å². The number of carbonyl (C=O) groups is 2. The molecule has 0 spiro atoms. The lowest BCUT2D eigenvalue weighted by atomic mass is 9.43. The van der Waals surface area contributed by atoms with Crippen LogP contribution in [0.15, 0.2) is 0 Å². The van der Waals surface area contributed by atoms with E-state index in [1.54, 1.807) is 0 Å². The van der Waals surface area contributed by atoms with Gasteiger partial charge in [-0.3, -0.25) is 9.59 Å². The number of hydrogen-bond donors (Lipinski definition) is 3. The van der Waals surface area contributed by atoms with Crippen LogP contribution in [0, 0.1) is 34.5 Å². The smallest absolute Gasteiger partial charge is 0.190 e. The molecule has 0 heterocycles. The fourth-order valence-corrected chi connectivity index (χ4v) is 7.76. The van der Waals surface area contributed by atoms with E-state index >= 15 is 0 Å². The van der Waals surface area contributed by atoms with Crippen LogP contribution in [0.4, 0.5) is 0 Å². The van der Waals surface area contributed by atoms with Crippen LogP contribution < -0.4 is 0 Å². The van der Waals surface area contributed by atoms with Crippen molar-refractivity contribution in [1.29, 1.82) is 0 Å². The second-order valence-electron chi connectivity index (χ2n) is 9.99. The third kappa shape index (κ3) is 2.20. The van der Waals surface area contributed by atoms with Crippen LogP contribution in [-0.2, 0) is 9.59 Å². The first kappa shape index (κ1) is 18.6. The molecule has 4 fully saturated rings. The normalized spacial score (nSPS) is 53.6. The summed E-state index contributed by atoms with van der Waals surface area (Å²) in [5.41, 5.74) is -2.24. The van der Waals surface area contributed by atoms with Crippen LogP contribution in [0.5, 0.6) is 0 Å². The quantitative estimate of drug-likeness (QED) is 0.695. The highest BCUT2D eigenvalue weighted by atomic mass is 16.3. The highest BCUT2D eigenvalue weighted by Crippen LogP contribution is 2.68. The molecule has 3 unspecified atom stereocenters. The van der Waals surface area contributed by atoms with Gasteiger partial charge in [0.05, 0.1) is 6.10 Å². The number of aliphatic hydroxyl groups excluding tert-OH is 2. The number of rotatable bonds is 2. The molecule has 0 bridgehead atoms. The summed E-state index contributed by atoms with van der Waals surface area (Å²) in [6.07, 6.45) is 5.02. The van der Waals surface area contributed by atoms with Crippen LogP contribution >= 0.6 is 0 Å². The SMILES string of the molecule is C[C@]12C[C@H](O)C3C(CC[C@H]4CC(=O)CC[C@]34C)C1CC[C@]2(O)C(=O)CO. The molecule has 0 radical (unpaired) electrons. The topological polar surface area (TPSA) is 94.8 Å². The molecule has 4 saturated carbocycles. The molecule has 4 aliphatic carbocycles. The van der Waals surface area contributed by atoms with Crippen LogP contribution in [0.3, 0.4) is 0 Å². The number of carbonyl (C=O) groups excluding carboxylic acids is 2. The fraction of sp³-hybridized carbons (Fsp3) is 0.905. The average Bonchev–Trinajstić information content (AvgIpc) is 2.86. The van der Waals surface area contributed by atoms with Gasteiger partial charge in [-0.15, -0.1) is 0 Å². The molecular weight excluding hydrogens is 332 g/mol. The van der Waals surface area contributed by atoms with Crippen LogP contribution in [0.2, 0.25) is 0 Å². The molecule has 5 nitrogen and oxygen atoms in total. The van der Waals surface area contributed by atoms with Gasteiger partial charge in [0.2, 0.25) is 0 Å². The zero-order chi connectivity index (χ0) is 18.9. The van der Waals surface area contributed by atoms with Crippen molar-refractivity contribution >= 4 is 11.6 Å². The second kappa shape index (κ2) is 5.86. The van der Waals surface area contributed by atoms with Gasteiger partial charge >= 0.3 is 0 Å². The van der Waals surface area contributed by atoms with Crippen molar-refractivity contribution in [3.05, 3.63) is 0 Å². The molecule has 0 aromatic carbocycles. The zero-order valence-corrected chi connectivity index (χ0v) is 15.9. The second-order valence-corrected chi connectivity index (χ2v) is 9.99. The first-order valence-corrected chi connectivity index (χ1v) is 10.2. The molecule has 0 aromatic rings. The third-order valence-electron chi connectivity index (χ3n) is 9.17. The van der Waals surface area contributed by atoms with E-state index < -0.39 is 29.5 Å². The van der Waals surface area contributed by atoms with E-state index in [0.29, 0.717) is 37.4 Å². The van der Waals surface area contributed by atoms with E-state index in [4.69, 9.17) is 0 Å². The molecular formula is C21H32O5. The Morgan fingerprint density at radius 2 is 1.92 bits per heavy atom. The maximum Gasteiger partial charge on any atom is 0.190 e. The largest absolute Gasteiger partial charge is 0.393 e. The Morgan fingerprint density at radius 1 is 1.19 bits per heavy atom. The summed E-state index contributed by atoms with van der Waals surface area (Å²) in [6.45, 7) is 3.55. The van der Waals surface area contributed by atoms with E-state index in [-0.39, 0.29) is 23.2 Å². The maximum absolute atomic E-state index is 12.4. The minimum absolute atomic E-state index is 0.0285. The Bertz CT molecular complexity index is 632. The fourth-order valence-electron chi connectivity index (χ4n) is 7.76. The number of ketones is 2. The van der Waals surface area contributed by atoms with Gasteiger partial charge in [-0.25, -0.2) is 0 Å². The Balaban J connectivity index is 1.70. The van der Waals surface area contributed by atoms with Gasteiger partial charge in [-0.2, -0.15) is 0 Å². The number of fused-ring (bicyclic) bond motifs is 5. The van der Waals surface area contributed by atoms with Crippen molar-refractivity contribution in [3.8, 4) is 0 Å². The molecule has 5 heteroatoms. The van der Waals surface area contributed by atoms with Gasteiger partial charge in [0.1, 0.15) is 18.0 Å². The number of Topliss-reactive ketones (excluding diaryl/α,β-unsaturated/α-hetero) is 2. The van der Waals surface area contributed by atoms with Crippen molar-refractivity contribution < 1.29 is 24.9 Å². The first-order chi connectivity index (χ1) is 12.2. The summed E-state index contributed by atoms with van der Waals surface area (Å²) in [6, 6.07) is 0. The molecule has 4 rings (SSSR count). The Labute approximate surface area is 155 Å². The molecule has 0 saturated heterocycles. The molecule has 0 aliphatic heterocycles. The lowest BCUT2D eigenvalue weighted by Gasteiger charge is -2.62. The van der Waals surface area contributed by atoms with Crippen LogP contribution in [0.1, 0.15) is 65.2 Å². The molecule has 0 amide bonds. The van der Waals surface area contributed by atoms with Crippen molar-refractivity contribution in [2.24, 2.45) is 34.5 Å². The van der Waals surface area contributed by atoms with Crippen molar-refractivity contribution in [2.45, 2.75) is 76.9 Å². The summed E-state index contributed by atoms with van der Waals surface area (Å²) in [5, 5.41) is 31.8. The molecule has 8 atom stereocenters. The van der Waals surface area contributed by atoms with Crippen molar-refractivity contribution in [3.63, 3.8) is 0 Å². The first-order valence-electron chi connectivity index (χ1n) is 10.2. The van der Waals surface area contributed by atoms with Crippen molar-refractivity contribution in [2.75, 3.05) is 6.61 Å². The minimum atomic E-state index is -1.53. The molecule has 146 valence electrons. The van der Waals surface area contributed by atoms with Crippen molar-refractivity contribution in [1.82, 2.24) is 0 Å². The van der Waals surface area contributed by atoms with Gasteiger partial charge in [-0.05, 0) is 67.6 Å².